The molecule has 126 valence electrons. The molecule has 0 aliphatic rings. The fraction of sp³-hybridized carbons (Fsp3) is 0.200. The van der Waals surface area contributed by atoms with Gasteiger partial charge in [-0.05, 0) is 23.8 Å². The molecule has 0 aromatic heterocycles. The summed E-state index contributed by atoms with van der Waals surface area (Å²) in [5.41, 5.74) is 0.309. The molecule has 0 saturated heterocycles. The third-order valence-electron chi connectivity index (χ3n) is 3.32. The molecule has 9 nitrogen and oxygen atoms in total. The molecule has 2 aromatic carbocycles. The Balaban J connectivity index is 2.23. The van der Waals surface area contributed by atoms with Crippen LogP contribution < -0.4 is 14.8 Å². The van der Waals surface area contributed by atoms with Crippen molar-refractivity contribution in [3.05, 3.63) is 62.2 Å². The van der Waals surface area contributed by atoms with Crippen molar-refractivity contribution in [2.24, 2.45) is 0 Å². The van der Waals surface area contributed by atoms with E-state index in [4.69, 9.17) is 9.47 Å². The van der Waals surface area contributed by atoms with Gasteiger partial charge in [-0.2, -0.15) is 0 Å². The van der Waals surface area contributed by atoms with E-state index in [0.717, 1.165) is 11.6 Å². The lowest BCUT2D eigenvalue weighted by Gasteiger charge is -2.11. The first-order valence-electron chi connectivity index (χ1n) is 6.84. The van der Waals surface area contributed by atoms with Crippen molar-refractivity contribution in [2.45, 2.75) is 6.54 Å². The minimum absolute atomic E-state index is 0.195. The van der Waals surface area contributed by atoms with Gasteiger partial charge in [0.25, 0.3) is 11.4 Å². The lowest BCUT2D eigenvalue weighted by molar-refractivity contribution is -0.393. The standard InChI is InChI=1S/C15H15N3O6/c1-23-14-6-3-10(7-15(14)24-2)9-16-12-5-4-11(17(19)20)8-13(12)18(21)22/h3-8,16H,9H2,1-2H3. The van der Waals surface area contributed by atoms with E-state index < -0.39 is 9.85 Å². The van der Waals surface area contributed by atoms with Gasteiger partial charge in [0.2, 0.25) is 0 Å². The quantitative estimate of drug-likeness (QED) is 0.611. The van der Waals surface area contributed by atoms with Crippen molar-refractivity contribution >= 4 is 17.1 Å². The molecular weight excluding hydrogens is 318 g/mol. The van der Waals surface area contributed by atoms with Crippen LogP contribution in [-0.2, 0) is 6.54 Å². The van der Waals surface area contributed by atoms with Gasteiger partial charge in [0.1, 0.15) is 5.69 Å². The SMILES string of the molecule is COc1ccc(CNc2ccc([N+](=O)[O-])cc2[N+](=O)[O-])cc1OC. The zero-order chi connectivity index (χ0) is 17.7. The molecule has 0 unspecified atom stereocenters. The maximum atomic E-state index is 11.1. The van der Waals surface area contributed by atoms with Crippen LogP contribution in [0, 0.1) is 20.2 Å². The van der Waals surface area contributed by atoms with Crippen LogP contribution in [0.2, 0.25) is 0 Å². The minimum Gasteiger partial charge on any atom is -0.493 e. The van der Waals surface area contributed by atoms with Crippen molar-refractivity contribution < 1.29 is 19.3 Å². The Morgan fingerprint density at radius 3 is 2.25 bits per heavy atom. The molecule has 0 spiro atoms. The number of nitro groups is 2. The van der Waals surface area contributed by atoms with Gasteiger partial charge in [0.15, 0.2) is 11.5 Å². The van der Waals surface area contributed by atoms with Crippen LogP contribution in [0.4, 0.5) is 17.1 Å². The first kappa shape index (κ1) is 17.0. The van der Waals surface area contributed by atoms with Crippen molar-refractivity contribution in [3.63, 3.8) is 0 Å². The van der Waals surface area contributed by atoms with Crippen LogP contribution in [0.3, 0.4) is 0 Å². The zero-order valence-corrected chi connectivity index (χ0v) is 13.0. The average Bonchev–Trinajstić information content (AvgIpc) is 2.59. The molecule has 0 atom stereocenters. The average molecular weight is 333 g/mol. The number of hydrogen-bond acceptors (Lipinski definition) is 7. The fourth-order valence-electron chi connectivity index (χ4n) is 2.12. The highest BCUT2D eigenvalue weighted by atomic mass is 16.6. The predicted molar refractivity (Wildman–Crippen MR) is 86.6 cm³/mol. The number of non-ortho nitro benzene ring substituents is 1. The zero-order valence-electron chi connectivity index (χ0n) is 13.0. The van der Waals surface area contributed by atoms with Gasteiger partial charge in [-0.3, -0.25) is 20.2 Å². The molecule has 0 radical (unpaired) electrons. The lowest BCUT2D eigenvalue weighted by atomic mass is 10.2. The maximum Gasteiger partial charge on any atom is 0.299 e. The highest BCUT2D eigenvalue weighted by molar-refractivity contribution is 5.65. The second-order valence-corrected chi connectivity index (χ2v) is 4.76. The molecule has 1 N–H and O–H groups in total. The van der Waals surface area contributed by atoms with Crippen molar-refractivity contribution in [1.29, 1.82) is 0 Å². The van der Waals surface area contributed by atoms with Crippen LogP contribution in [-0.4, -0.2) is 24.1 Å². The number of rotatable bonds is 7. The number of ether oxygens (including phenoxy) is 2. The van der Waals surface area contributed by atoms with E-state index in [9.17, 15) is 20.2 Å². The lowest BCUT2D eigenvalue weighted by Crippen LogP contribution is -2.04. The van der Waals surface area contributed by atoms with E-state index >= 15 is 0 Å². The van der Waals surface area contributed by atoms with Crippen LogP contribution >= 0.6 is 0 Å². The molecule has 0 amide bonds. The molecule has 0 heterocycles. The number of nitro benzene ring substituents is 2. The molecule has 2 rings (SSSR count). The van der Waals surface area contributed by atoms with Crippen molar-refractivity contribution in [1.82, 2.24) is 0 Å². The third kappa shape index (κ3) is 3.69. The number of benzene rings is 2. The third-order valence-corrected chi connectivity index (χ3v) is 3.32. The molecular formula is C15H15N3O6. The van der Waals surface area contributed by atoms with Crippen LogP contribution in [0.5, 0.6) is 11.5 Å². The molecule has 0 fully saturated rings. The summed E-state index contributed by atoms with van der Waals surface area (Å²) in [6.07, 6.45) is 0. The molecule has 0 saturated carbocycles. The summed E-state index contributed by atoms with van der Waals surface area (Å²) in [6, 6.07) is 8.70. The number of anilines is 1. The van der Waals surface area contributed by atoms with Gasteiger partial charge in [0.05, 0.1) is 30.1 Å². The summed E-state index contributed by atoms with van der Waals surface area (Å²) in [4.78, 5) is 20.5. The Morgan fingerprint density at radius 1 is 0.958 bits per heavy atom. The predicted octanol–water partition coefficient (Wildman–Crippen LogP) is 3.13. The smallest absolute Gasteiger partial charge is 0.299 e. The Hall–Kier alpha value is -3.36. The first-order valence-corrected chi connectivity index (χ1v) is 6.84. The van der Waals surface area contributed by atoms with Gasteiger partial charge < -0.3 is 14.8 Å². The number of nitrogens with one attached hydrogen (secondary N) is 1. The maximum absolute atomic E-state index is 11.1. The molecule has 24 heavy (non-hydrogen) atoms. The first-order chi connectivity index (χ1) is 11.5. The highest BCUT2D eigenvalue weighted by Gasteiger charge is 2.19. The molecule has 0 bridgehead atoms. The monoisotopic (exact) mass is 333 g/mol. The van der Waals surface area contributed by atoms with E-state index in [2.05, 4.69) is 5.32 Å². The molecule has 0 aliphatic heterocycles. The molecule has 2 aromatic rings. The summed E-state index contributed by atoms with van der Waals surface area (Å²) in [6.45, 7) is 0.277. The van der Waals surface area contributed by atoms with Crippen LogP contribution in [0.25, 0.3) is 0 Å². The van der Waals surface area contributed by atoms with Crippen molar-refractivity contribution in [3.8, 4) is 11.5 Å². The largest absolute Gasteiger partial charge is 0.493 e. The Kier molecular flexibility index (Phi) is 5.15. The summed E-state index contributed by atoms with van der Waals surface area (Å²) in [5.74, 6) is 1.11. The fourth-order valence-corrected chi connectivity index (χ4v) is 2.12. The second kappa shape index (κ2) is 7.27. The van der Waals surface area contributed by atoms with Gasteiger partial charge in [-0.25, -0.2) is 0 Å². The molecule has 0 aliphatic carbocycles. The van der Waals surface area contributed by atoms with Gasteiger partial charge in [0, 0.05) is 12.6 Å². The summed E-state index contributed by atoms with van der Waals surface area (Å²) in [5, 5.41) is 24.7. The summed E-state index contributed by atoms with van der Waals surface area (Å²) >= 11 is 0. The van der Waals surface area contributed by atoms with E-state index in [1.165, 1.54) is 26.4 Å². The topological polar surface area (TPSA) is 117 Å². The highest BCUT2D eigenvalue weighted by Crippen LogP contribution is 2.31. The number of methoxy groups -OCH3 is 2. The van der Waals surface area contributed by atoms with Gasteiger partial charge >= 0.3 is 0 Å². The number of hydrogen-bond donors (Lipinski definition) is 1. The molecule has 9 heteroatoms. The number of nitrogens with zero attached hydrogens (tertiary/aromatic N) is 2. The normalized spacial score (nSPS) is 10.1. The second-order valence-electron chi connectivity index (χ2n) is 4.76. The Labute approximate surface area is 137 Å². The minimum atomic E-state index is -0.675. The van der Waals surface area contributed by atoms with Gasteiger partial charge in [-0.15, -0.1) is 0 Å². The summed E-state index contributed by atoms with van der Waals surface area (Å²) in [7, 11) is 3.03. The van der Waals surface area contributed by atoms with E-state index in [1.54, 1.807) is 18.2 Å². The Morgan fingerprint density at radius 2 is 1.67 bits per heavy atom. The Bertz CT molecular complexity index is 778. The van der Waals surface area contributed by atoms with E-state index in [-0.39, 0.29) is 23.6 Å². The van der Waals surface area contributed by atoms with Crippen LogP contribution in [0.1, 0.15) is 5.56 Å². The van der Waals surface area contributed by atoms with Crippen LogP contribution in [0.15, 0.2) is 36.4 Å². The van der Waals surface area contributed by atoms with E-state index in [0.29, 0.717) is 11.5 Å². The van der Waals surface area contributed by atoms with Gasteiger partial charge in [-0.1, -0.05) is 6.07 Å². The summed E-state index contributed by atoms with van der Waals surface area (Å²) < 4.78 is 10.3. The van der Waals surface area contributed by atoms with E-state index in [1.807, 2.05) is 0 Å². The van der Waals surface area contributed by atoms with Crippen molar-refractivity contribution in [2.75, 3.05) is 19.5 Å².